The van der Waals surface area contributed by atoms with Crippen LogP contribution < -0.4 is 10.1 Å². The maximum Gasteiger partial charge on any atom is 0.221 e. The van der Waals surface area contributed by atoms with Crippen molar-refractivity contribution in [2.75, 3.05) is 11.9 Å². The van der Waals surface area contributed by atoms with Crippen molar-refractivity contribution in [1.82, 2.24) is 9.97 Å². The maximum atomic E-state index is 5.44. The lowest BCUT2D eigenvalue weighted by molar-refractivity contribution is 0.324. The van der Waals surface area contributed by atoms with E-state index in [0.717, 1.165) is 21.7 Å². The molecule has 0 amide bonds. The summed E-state index contributed by atoms with van der Waals surface area (Å²) in [5, 5.41) is 3.30. The third-order valence-corrected chi connectivity index (χ3v) is 4.00. The molecule has 2 aromatic heterocycles. The third kappa shape index (κ3) is 3.20. The number of nitrogens with zero attached hydrogens (tertiary/aromatic N) is 2. The number of nitrogens with one attached hydrogen (secondary N) is 1. The first-order valence-electron chi connectivity index (χ1n) is 5.63. The second-order valence-electron chi connectivity index (χ2n) is 3.64. The Kier molecular flexibility index (Phi) is 4.54. The van der Waals surface area contributed by atoms with Crippen molar-refractivity contribution in [3.05, 3.63) is 32.7 Å². The summed E-state index contributed by atoms with van der Waals surface area (Å²) in [4.78, 5) is 9.59. The summed E-state index contributed by atoms with van der Waals surface area (Å²) in [6, 6.07) is 4.13. The van der Waals surface area contributed by atoms with E-state index in [1.165, 1.54) is 11.2 Å². The molecule has 1 N–H and O–H groups in total. The largest absolute Gasteiger partial charge is 0.478 e. The van der Waals surface area contributed by atoms with E-state index < -0.39 is 0 Å². The smallest absolute Gasteiger partial charge is 0.221 e. The van der Waals surface area contributed by atoms with Gasteiger partial charge in [-0.3, -0.25) is 0 Å². The predicted molar refractivity (Wildman–Crippen MR) is 77.3 cm³/mol. The van der Waals surface area contributed by atoms with Gasteiger partial charge in [0, 0.05) is 4.88 Å². The van der Waals surface area contributed by atoms with Gasteiger partial charge in [0.25, 0.3) is 0 Å². The molecular weight excluding hydrogens is 314 g/mol. The molecule has 0 radical (unpaired) electrons. The fourth-order valence-electron chi connectivity index (χ4n) is 1.51. The number of aromatic nitrogens is 2. The molecule has 0 atom stereocenters. The highest BCUT2D eigenvalue weighted by Crippen LogP contribution is 2.24. The Morgan fingerprint density at radius 3 is 2.89 bits per heavy atom. The fourth-order valence-corrected chi connectivity index (χ4v) is 2.93. The van der Waals surface area contributed by atoms with E-state index in [1.807, 2.05) is 19.9 Å². The van der Waals surface area contributed by atoms with Crippen LogP contribution in [0, 0.1) is 6.92 Å². The number of rotatable bonds is 5. The summed E-state index contributed by atoms with van der Waals surface area (Å²) < 4.78 is 6.57. The zero-order valence-electron chi connectivity index (χ0n) is 10.2. The van der Waals surface area contributed by atoms with Crippen LogP contribution in [0.4, 0.5) is 5.82 Å². The summed E-state index contributed by atoms with van der Waals surface area (Å²) >= 11 is 5.16. The highest BCUT2D eigenvalue weighted by atomic mass is 79.9. The minimum absolute atomic E-state index is 0.606. The Hall–Kier alpha value is -1.14. The average Bonchev–Trinajstić information content (AvgIpc) is 2.77. The van der Waals surface area contributed by atoms with Gasteiger partial charge in [-0.15, -0.1) is 11.3 Å². The van der Waals surface area contributed by atoms with Crippen molar-refractivity contribution in [2.45, 2.75) is 20.4 Å². The first kappa shape index (κ1) is 13.3. The molecule has 96 valence electrons. The van der Waals surface area contributed by atoms with Crippen molar-refractivity contribution >= 4 is 33.1 Å². The van der Waals surface area contributed by atoms with Crippen LogP contribution in [-0.4, -0.2) is 16.6 Å². The summed E-state index contributed by atoms with van der Waals surface area (Å²) in [6.45, 7) is 5.25. The molecule has 0 spiro atoms. The summed E-state index contributed by atoms with van der Waals surface area (Å²) in [7, 11) is 0. The topological polar surface area (TPSA) is 47.0 Å². The quantitative estimate of drug-likeness (QED) is 0.911. The number of halogens is 1. The molecule has 0 fully saturated rings. The Morgan fingerprint density at radius 2 is 2.22 bits per heavy atom. The van der Waals surface area contributed by atoms with E-state index in [-0.39, 0.29) is 0 Å². The summed E-state index contributed by atoms with van der Waals surface area (Å²) in [5.74, 6) is 1.46. The van der Waals surface area contributed by atoms with Crippen molar-refractivity contribution < 1.29 is 4.74 Å². The third-order valence-electron chi connectivity index (χ3n) is 2.38. The molecule has 2 heterocycles. The fraction of sp³-hybridized carbons (Fsp3) is 0.333. The van der Waals surface area contributed by atoms with E-state index in [4.69, 9.17) is 4.74 Å². The molecule has 2 aromatic rings. The van der Waals surface area contributed by atoms with Crippen molar-refractivity contribution in [2.24, 2.45) is 0 Å². The van der Waals surface area contributed by atoms with Gasteiger partial charge in [0.15, 0.2) is 0 Å². The molecule has 0 saturated carbocycles. The minimum Gasteiger partial charge on any atom is -0.478 e. The van der Waals surface area contributed by atoms with Crippen LogP contribution in [0.1, 0.15) is 17.4 Å². The number of hydrogen-bond acceptors (Lipinski definition) is 5. The van der Waals surface area contributed by atoms with Crippen LogP contribution in [0.2, 0.25) is 0 Å². The Morgan fingerprint density at radius 1 is 1.39 bits per heavy atom. The van der Waals surface area contributed by atoms with Crippen LogP contribution in [-0.2, 0) is 6.54 Å². The van der Waals surface area contributed by atoms with Crippen molar-refractivity contribution in [3.63, 3.8) is 0 Å². The normalized spacial score (nSPS) is 10.4. The summed E-state index contributed by atoms with van der Waals surface area (Å²) in [6.07, 6.45) is 1.52. The monoisotopic (exact) mass is 327 g/mol. The first-order valence-corrected chi connectivity index (χ1v) is 7.24. The molecule has 0 bridgehead atoms. The zero-order chi connectivity index (χ0) is 13.0. The molecule has 2 rings (SSSR count). The number of ether oxygens (including phenoxy) is 1. The predicted octanol–water partition coefficient (Wildman–Crippen LogP) is 3.62. The van der Waals surface area contributed by atoms with Crippen molar-refractivity contribution in [1.29, 1.82) is 0 Å². The van der Waals surface area contributed by atoms with E-state index in [2.05, 4.69) is 37.3 Å². The molecule has 18 heavy (non-hydrogen) atoms. The Balaban J connectivity index is 2.07. The zero-order valence-corrected chi connectivity index (χ0v) is 12.6. The number of hydrogen-bond donors (Lipinski definition) is 1. The Labute approximate surface area is 119 Å². The van der Waals surface area contributed by atoms with Crippen LogP contribution >= 0.6 is 27.3 Å². The highest BCUT2D eigenvalue weighted by molar-refractivity contribution is 9.11. The first-order chi connectivity index (χ1) is 8.70. The standard InChI is InChI=1S/C12H14BrN3OS/c1-3-17-12-8(2)11(15-7-16-12)14-6-9-4-5-10(13)18-9/h4-5,7H,3,6H2,1-2H3,(H,14,15,16). The van der Waals surface area contributed by atoms with Gasteiger partial charge in [0.1, 0.15) is 12.1 Å². The number of anilines is 1. The van der Waals surface area contributed by atoms with Gasteiger partial charge in [-0.05, 0) is 41.9 Å². The average molecular weight is 328 g/mol. The second kappa shape index (κ2) is 6.15. The summed E-state index contributed by atoms with van der Waals surface area (Å²) in [5.41, 5.74) is 0.940. The number of thiophene rings is 1. The molecule has 0 aromatic carbocycles. The van der Waals surface area contributed by atoms with E-state index in [0.29, 0.717) is 12.5 Å². The molecule has 4 nitrogen and oxygen atoms in total. The van der Waals surface area contributed by atoms with Gasteiger partial charge < -0.3 is 10.1 Å². The van der Waals surface area contributed by atoms with Gasteiger partial charge in [-0.2, -0.15) is 0 Å². The van der Waals surface area contributed by atoms with Gasteiger partial charge in [-0.1, -0.05) is 0 Å². The Bertz CT molecular complexity index is 530. The van der Waals surface area contributed by atoms with E-state index >= 15 is 0 Å². The molecule has 6 heteroatoms. The van der Waals surface area contributed by atoms with E-state index in [1.54, 1.807) is 11.3 Å². The maximum absolute atomic E-state index is 5.44. The molecule has 0 unspecified atom stereocenters. The van der Waals surface area contributed by atoms with Gasteiger partial charge >= 0.3 is 0 Å². The molecular formula is C12H14BrN3OS. The van der Waals surface area contributed by atoms with E-state index in [9.17, 15) is 0 Å². The van der Waals surface area contributed by atoms with Gasteiger partial charge in [0.2, 0.25) is 5.88 Å². The van der Waals surface area contributed by atoms with Crippen molar-refractivity contribution in [3.8, 4) is 5.88 Å². The SMILES string of the molecule is CCOc1ncnc(NCc2ccc(Br)s2)c1C. The molecule has 0 saturated heterocycles. The second-order valence-corrected chi connectivity index (χ2v) is 6.19. The highest BCUT2D eigenvalue weighted by Gasteiger charge is 2.07. The lowest BCUT2D eigenvalue weighted by atomic mass is 10.3. The molecule has 0 aliphatic carbocycles. The minimum atomic E-state index is 0.606. The van der Waals surface area contributed by atoms with Gasteiger partial charge in [0.05, 0.1) is 22.5 Å². The lowest BCUT2D eigenvalue weighted by Gasteiger charge is -2.10. The van der Waals surface area contributed by atoms with Crippen LogP contribution in [0.15, 0.2) is 22.2 Å². The van der Waals surface area contributed by atoms with Gasteiger partial charge in [-0.25, -0.2) is 9.97 Å². The molecule has 0 aliphatic rings. The van der Waals surface area contributed by atoms with Crippen LogP contribution in [0.3, 0.4) is 0 Å². The molecule has 0 aliphatic heterocycles. The lowest BCUT2D eigenvalue weighted by Crippen LogP contribution is -2.05. The van der Waals surface area contributed by atoms with Crippen LogP contribution in [0.25, 0.3) is 0 Å². The van der Waals surface area contributed by atoms with Crippen LogP contribution in [0.5, 0.6) is 5.88 Å².